The summed E-state index contributed by atoms with van der Waals surface area (Å²) in [6, 6.07) is 6.47. The molecule has 0 bridgehead atoms. The Morgan fingerprint density at radius 3 is 2.74 bits per heavy atom. The molecule has 3 heterocycles. The molecule has 11 heteroatoms. The molecule has 0 spiro atoms. The second-order valence-electron chi connectivity index (χ2n) is 8.03. The molecule has 2 aliphatic heterocycles. The fourth-order valence-corrected chi connectivity index (χ4v) is 5.04. The van der Waals surface area contributed by atoms with Crippen molar-refractivity contribution in [3.05, 3.63) is 61.9 Å². The van der Waals surface area contributed by atoms with Crippen LogP contribution in [-0.4, -0.2) is 36.5 Å². The molecular weight excluding hydrogens is 476 g/mol. The number of nitrogens with one attached hydrogen (secondary N) is 1. The van der Waals surface area contributed by atoms with Crippen LogP contribution in [0.4, 0.5) is 5.69 Å². The number of halogens is 1. The van der Waals surface area contributed by atoms with Crippen LogP contribution in [0.2, 0.25) is 5.02 Å². The smallest absolute Gasteiger partial charge is 0.289 e. The number of benzene rings is 1. The number of carbonyl (C=O) groups is 1. The monoisotopic (exact) mass is 498 g/mol. The highest BCUT2D eigenvalue weighted by Crippen LogP contribution is 2.32. The maximum atomic E-state index is 12.8. The second kappa shape index (κ2) is 9.55. The maximum Gasteiger partial charge on any atom is 0.289 e. The van der Waals surface area contributed by atoms with Gasteiger partial charge < -0.3 is 4.57 Å². The first-order chi connectivity index (χ1) is 16.2. The number of nitrogens with zero attached hydrogens (tertiary/aromatic N) is 5. The lowest BCUT2D eigenvalue weighted by atomic mass is 10.1. The highest BCUT2D eigenvalue weighted by atomic mass is 35.5. The Labute approximate surface area is 205 Å². The van der Waals surface area contributed by atoms with Crippen molar-refractivity contribution in [3.63, 3.8) is 0 Å². The number of hydrogen-bond donors (Lipinski definition) is 1. The first-order valence-electron chi connectivity index (χ1n) is 10.8. The fraction of sp³-hybridized carbons (Fsp3) is 0.304. The van der Waals surface area contributed by atoms with Gasteiger partial charge in [-0.25, -0.2) is 0 Å². The molecule has 4 rings (SSSR count). The van der Waals surface area contributed by atoms with Gasteiger partial charge >= 0.3 is 0 Å². The molecule has 34 heavy (non-hydrogen) atoms. The number of aliphatic imine (C=N–C) groups is 1. The molecule has 1 amide bonds. The van der Waals surface area contributed by atoms with Crippen molar-refractivity contribution in [2.45, 2.75) is 46.5 Å². The van der Waals surface area contributed by atoms with Crippen molar-refractivity contribution < 1.29 is 9.72 Å². The van der Waals surface area contributed by atoms with Gasteiger partial charge in [-0.1, -0.05) is 31.4 Å². The number of hydrogen-bond acceptors (Lipinski definition) is 6. The lowest BCUT2D eigenvalue weighted by Gasteiger charge is -2.20. The van der Waals surface area contributed by atoms with Crippen LogP contribution in [0.5, 0.6) is 0 Å². The standard InChI is InChI=1S/C23H23ClN6O3S/c1-4-5-6-7-20-27-29-21(25)17(22(31)26-23(29)34-20)11-15-10-13(2)28(14(15)3)16-8-9-18(24)19(12-16)30(32)33/h8-12,25H,4-7H2,1-3H3/b17-11+,25-21?. The van der Waals surface area contributed by atoms with Crippen LogP contribution in [0.3, 0.4) is 0 Å². The van der Waals surface area contributed by atoms with E-state index in [1.54, 1.807) is 12.1 Å². The topological polar surface area (TPSA) is 117 Å². The summed E-state index contributed by atoms with van der Waals surface area (Å²) in [6.07, 6.45) is 5.63. The van der Waals surface area contributed by atoms with Gasteiger partial charge in [-0.15, -0.1) is 0 Å². The molecule has 0 saturated carbocycles. The van der Waals surface area contributed by atoms with Gasteiger partial charge in [-0.2, -0.15) is 15.1 Å². The van der Waals surface area contributed by atoms with Crippen molar-refractivity contribution in [2.75, 3.05) is 0 Å². The molecule has 0 radical (unpaired) electrons. The van der Waals surface area contributed by atoms with Crippen LogP contribution in [0, 0.1) is 29.4 Å². The Hall–Kier alpha value is -3.24. The molecule has 9 nitrogen and oxygen atoms in total. The first kappa shape index (κ1) is 23.9. The third kappa shape index (κ3) is 4.43. The summed E-state index contributed by atoms with van der Waals surface area (Å²) in [5.41, 5.74) is 2.82. The number of hydrazone groups is 1. The van der Waals surface area contributed by atoms with E-state index in [1.165, 1.54) is 28.9 Å². The number of nitro groups is 1. The zero-order chi connectivity index (χ0) is 24.6. The van der Waals surface area contributed by atoms with Crippen molar-refractivity contribution in [1.82, 2.24) is 9.58 Å². The van der Waals surface area contributed by atoms with E-state index in [-0.39, 0.29) is 22.1 Å². The quantitative estimate of drug-likeness (QED) is 0.222. The third-order valence-corrected chi connectivity index (χ3v) is 6.93. The number of thioether (sulfide) groups is 1. The normalized spacial score (nSPS) is 16.7. The molecule has 1 aromatic heterocycles. The van der Waals surface area contributed by atoms with Gasteiger partial charge in [0.15, 0.2) is 5.84 Å². The van der Waals surface area contributed by atoms with Crippen molar-refractivity contribution in [2.24, 2.45) is 10.1 Å². The number of carbonyl (C=O) groups excluding carboxylic acids is 1. The largest absolute Gasteiger partial charge is 0.318 e. The van der Waals surface area contributed by atoms with Gasteiger partial charge in [-0.3, -0.25) is 20.3 Å². The Morgan fingerprint density at radius 2 is 2.03 bits per heavy atom. The average molecular weight is 499 g/mol. The Kier molecular flexibility index (Phi) is 6.72. The van der Waals surface area contributed by atoms with Crippen LogP contribution < -0.4 is 0 Å². The van der Waals surface area contributed by atoms with E-state index >= 15 is 0 Å². The molecule has 1 N–H and O–H groups in total. The van der Waals surface area contributed by atoms with Crippen LogP contribution in [0.1, 0.15) is 49.6 Å². The van der Waals surface area contributed by atoms with E-state index < -0.39 is 10.8 Å². The van der Waals surface area contributed by atoms with Gasteiger partial charge in [0, 0.05) is 17.5 Å². The van der Waals surface area contributed by atoms with E-state index in [2.05, 4.69) is 17.0 Å². The summed E-state index contributed by atoms with van der Waals surface area (Å²) >= 11 is 7.30. The number of rotatable bonds is 7. The number of fused-ring (bicyclic) bond motifs is 1. The minimum atomic E-state index is -0.522. The zero-order valence-electron chi connectivity index (χ0n) is 19.0. The van der Waals surface area contributed by atoms with Crippen molar-refractivity contribution in [3.8, 4) is 5.69 Å². The molecule has 1 aromatic carbocycles. The molecule has 2 aromatic rings. The number of amides is 1. The van der Waals surface area contributed by atoms with E-state index in [0.29, 0.717) is 16.4 Å². The van der Waals surface area contributed by atoms with Crippen LogP contribution in [0.15, 0.2) is 39.9 Å². The van der Waals surface area contributed by atoms with E-state index in [1.807, 2.05) is 24.5 Å². The first-order valence-corrected chi connectivity index (χ1v) is 12.0. The molecule has 0 saturated heterocycles. The summed E-state index contributed by atoms with van der Waals surface area (Å²) in [7, 11) is 0. The second-order valence-corrected chi connectivity index (χ2v) is 9.47. The average Bonchev–Trinajstić information content (AvgIpc) is 3.31. The molecule has 0 unspecified atom stereocenters. The predicted molar refractivity (Wildman–Crippen MR) is 136 cm³/mol. The molecule has 176 valence electrons. The number of unbranched alkanes of at least 4 members (excludes halogenated alkanes) is 2. The molecule has 0 atom stereocenters. The summed E-state index contributed by atoms with van der Waals surface area (Å²) in [5.74, 6) is -0.499. The molecule has 0 aliphatic carbocycles. The van der Waals surface area contributed by atoms with Crippen LogP contribution in [0.25, 0.3) is 11.8 Å². The van der Waals surface area contributed by atoms with E-state index in [4.69, 9.17) is 17.0 Å². The van der Waals surface area contributed by atoms with Crippen molar-refractivity contribution >= 4 is 57.1 Å². The lowest BCUT2D eigenvalue weighted by Crippen LogP contribution is -2.35. The Morgan fingerprint density at radius 1 is 1.26 bits per heavy atom. The fourth-order valence-electron chi connectivity index (χ4n) is 3.93. The summed E-state index contributed by atoms with van der Waals surface area (Å²) in [6.45, 7) is 5.85. The van der Waals surface area contributed by atoms with Crippen molar-refractivity contribution in [1.29, 1.82) is 5.41 Å². The summed E-state index contributed by atoms with van der Waals surface area (Å²) in [5, 5.41) is 27.2. The number of aromatic nitrogens is 1. The number of amidine groups is 2. The Bertz CT molecular complexity index is 1310. The van der Waals surface area contributed by atoms with Gasteiger partial charge in [0.2, 0.25) is 5.17 Å². The number of aryl methyl sites for hydroxylation is 1. The molecular formula is C23H23ClN6O3S. The van der Waals surface area contributed by atoms with Gasteiger partial charge in [-0.05, 0) is 68.3 Å². The summed E-state index contributed by atoms with van der Waals surface area (Å²) < 4.78 is 1.84. The predicted octanol–water partition coefficient (Wildman–Crippen LogP) is 5.86. The number of nitro benzene ring substituents is 1. The minimum absolute atomic E-state index is 0.0140. The maximum absolute atomic E-state index is 12.8. The molecule has 2 aliphatic rings. The van der Waals surface area contributed by atoms with Crippen LogP contribution >= 0.6 is 23.4 Å². The molecule has 0 fully saturated rings. The van der Waals surface area contributed by atoms with Crippen LogP contribution in [-0.2, 0) is 4.79 Å². The highest BCUT2D eigenvalue weighted by molar-refractivity contribution is 8.26. The third-order valence-electron chi connectivity index (χ3n) is 5.65. The minimum Gasteiger partial charge on any atom is -0.318 e. The van der Waals surface area contributed by atoms with Gasteiger partial charge in [0.05, 0.1) is 16.2 Å². The van der Waals surface area contributed by atoms with Gasteiger partial charge in [0.1, 0.15) is 10.1 Å². The lowest BCUT2D eigenvalue weighted by molar-refractivity contribution is -0.384. The zero-order valence-corrected chi connectivity index (χ0v) is 20.5. The summed E-state index contributed by atoms with van der Waals surface area (Å²) in [4.78, 5) is 27.7. The van der Waals surface area contributed by atoms with E-state index in [0.717, 1.165) is 42.1 Å². The SMILES string of the molecule is CCCCCC1=NN2C(=N)/C(=C\c3cc(C)n(-c4ccc(Cl)c([N+](=O)[O-])c4)c3C)C(=O)N=C2S1. The Balaban J connectivity index is 1.67. The van der Waals surface area contributed by atoms with E-state index in [9.17, 15) is 14.9 Å². The highest BCUT2D eigenvalue weighted by Gasteiger charge is 2.35. The van der Waals surface area contributed by atoms with Gasteiger partial charge in [0.25, 0.3) is 11.6 Å².